The highest BCUT2D eigenvalue weighted by molar-refractivity contribution is 7.09. The van der Waals surface area contributed by atoms with Gasteiger partial charge in [0.05, 0.1) is 18.7 Å². The largest absolute Gasteiger partial charge is 0.386 e. The minimum absolute atomic E-state index is 0.522. The standard InChI is InChI=1S/C9H13N3OS/c1-9(13)4-12(5-9)8-10-7(11-14-8)6-2-3-6/h6,13H,2-5H2,1H3. The van der Waals surface area contributed by atoms with E-state index < -0.39 is 5.60 Å². The Morgan fingerprint density at radius 3 is 2.79 bits per heavy atom. The minimum Gasteiger partial charge on any atom is -0.386 e. The molecule has 1 aromatic rings. The summed E-state index contributed by atoms with van der Waals surface area (Å²) in [4.78, 5) is 6.57. The van der Waals surface area contributed by atoms with Gasteiger partial charge >= 0.3 is 0 Å². The van der Waals surface area contributed by atoms with Crippen molar-refractivity contribution in [1.29, 1.82) is 0 Å². The molecule has 0 atom stereocenters. The summed E-state index contributed by atoms with van der Waals surface area (Å²) in [5.41, 5.74) is -0.522. The van der Waals surface area contributed by atoms with Gasteiger partial charge in [-0.05, 0) is 19.8 Å². The summed E-state index contributed by atoms with van der Waals surface area (Å²) < 4.78 is 4.34. The highest BCUT2D eigenvalue weighted by Gasteiger charge is 2.39. The van der Waals surface area contributed by atoms with Gasteiger partial charge in [0, 0.05) is 17.5 Å². The van der Waals surface area contributed by atoms with Gasteiger partial charge in [0.25, 0.3) is 0 Å². The first-order valence-electron chi connectivity index (χ1n) is 4.95. The molecule has 0 spiro atoms. The molecule has 2 heterocycles. The van der Waals surface area contributed by atoms with Crippen molar-refractivity contribution in [3.63, 3.8) is 0 Å². The van der Waals surface area contributed by atoms with Gasteiger partial charge in [0.15, 0.2) is 0 Å². The molecule has 1 saturated heterocycles. The van der Waals surface area contributed by atoms with Gasteiger partial charge in [-0.1, -0.05) is 0 Å². The summed E-state index contributed by atoms with van der Waals surface area (Å²) in [6.45, 7) is 3.23. The van der Waals surface area contributed by atoms with Crippen LogP contribution in [0.15, 0.2) is 0 Å². The SMILES string of the molecule is CC1(O)CN(c2nc(C3CC3)ns2)C1. The molecule has 1 aromatic heterocycles. The molecule has 2 fully saturated rings. The van der Waals surface area contributed by atoms with Crippen molar-refractivity contribution in [2.24, 2.45) is 0 Å². The normalized spacial score (nSPS) is 24.9. The van der Waals surface area contributed by atoms with Crippen LogP contribution in [0.4, 0.5) is 5.13 Å². The van der Waals surface area contributed by atoms with Crippen molar-refractivity contribution in [1.82, 2.24) is 9.36 Å². The van der Waals surface area contributed by atoms with Crippen LogP contribution in [0.1, 0.15) is 31.5 Å². The fourth-order valence-corrected chi connectivity index (χ4v) is 2.52. The molecule has 76 valence electrons. The van der Waals surface area contributed by atoms with E-state index in [9.17, 15) is 5.11 Å². The van der Waals surface area contributed by atoms with E-state index in [2.05, 4.69) is 14.3 Å². The zero-order valence-corrected chi connectivity index (χ0v) is 8.92. The highest BCUT2D eigenvalue weighted by atomic mass is 32.1. The van der Waals surface area contributed by atoms with Crippen LogP contribution >= 0.6 is 11.5 Å². The number of rotatable bonds is 2. The third kappa shape index (κ3) is 1.40. The lowest BCUT2D eigenvalue weighted by Gasteiger charge is -2.43. The lowest BCUT2D eigenvalue weighted by atomic mass is 9.98. The lowest BCUT2D eigenvalue weighted by molar-refractivity contribution is 0.0310. The smallest absolute Gasteiger partial charge is 0.205 e. The molecule has 1 saturated carbocycles. The van der Waals surface area contributed by atoms with Crippen molar-refractivity contribution in [3.05, 3.63) is 5.82 Å². The number of aliphatic hydroxyl groups is 1. The van der Waals surface area contributed by atoms with Crippen LogP contribution in [-0.2, 0) is 0 Å². The molecule has 3 rings (SSSR count). The quantitative estimate of drug-likeness (QED) is 0.792. The Kier molecular flexibility index (Phi) is 1.64. The molecule has 0 radical (unpaired) electrons. The van der Waals surface area contributed by atoms with Gasteiger partial charge < -0.3 is 10.0 Å². The fraction of sp³-hybridized carbons (Fsp3) is 0.778. The fourth-order valence-electron chi connectivity index (χ4n) is 1.77. The topological polar surface area (TPSA) is 49.2 Å². The minimum atomic E-state index is -0.522. The zero-order chi connectivity index (χ0) is 9.76. The van der Waals surface area contributed by atoms with Crippen LogP contribution < -0.4 is 4.90 Å². The average Bonchev–Trinajstić information content (AvgIpc) is 2.80. The number of anilines is 1. The van der Waals surface area contributed by atoms with E-state index in [0.29, 0.717) is 19.0 Å². The van der Waals surface area contributed by atoms with E-state index in [1.807, 2.05) is 6.92 Å². The molecular formula is C9H13N3OS. The molecule has 2 aliphatic rings. The molecule has 0 bridgehead atoms. The molecule has 1 aliphatic carbocycles. The van der Waals surface area contributed by atoms with Gasteiger partial charge in [0.2, 0.25) is 5.13 Å². The van der Waals surface area contributed by atoms with E-state index in [1.54, 1.807) is 0 Å². The van der Waals surface area contributed by atoms with E-state index >= 15 is 0 Å². The van der Waals surface area contributed by atoms with Crippen molar-refractivity contribution in [2.75, 3.05) is 18.0 Å². The predicted molar refractivity (Wildman–Crippen MR) is 54.7 cm³/mol. The summed E-state index contributed by atoms with van der Waals surface area (Å²) in [5.74, 6) is 1.64. The predicted octanol–water partition coefficient (Wildman–Crippen LogP) is 0.987. The van der Waals surface area contributed by atoms with E-state index in [-0.39, 0.29) is 0 Å². The van der Waals surface area contributed by atoms with E-state index in [4.69, 9.17) is 0 Å². The summed E-state index contributed by atoms with van der Waals surface area (Å²) in [7, 11) is 0. The Labute approximate surface area is 86.7 Å². The molecule has 4 nitrogen and oxygen atoms in total. The number of aromatic nitrogens is 2. The van der Waals surface area contributed by atoms with Gasteiger partial charge in [-0.25, -0.2) is 4.98 Å². The van der Waals surface area contributed by atoms with Gasteiger partial charge in [-0.2, -0.15) is 4.37 Å². The Morgan fingerprint density at radius 2 is 2.21 bits per heavy atom. The van der Waals surface area contributed by atoms with Crippen molar-refractivity contribution < 1.29 is 5.11 Å². The molecule has 0 amide bonds. The first-order chi connectivity index (χ1) is 6.64. The number of β-amino-alcohol motifs (C(OH)–C–C–N with tert-alkyl or cyclic N) is 1. The van der Waals surface area contributed by atoms with Crippen molar-refractivity contribution in [2.45, 2.75) is 31.3 Å². The van der Waals surface area contributed by atoms with Crippen LogP contribution in [0.5, 0.6) is 0 Å². The summed E-state index contributed by atoms with van der Waals surface area (Å²) in [6.07, 6.45) is 2.49. The molecule has 0 unspecified atom stereocenters. The van der Waals surface area contributed by atoms with Crippen molar-refractivity contribution in [3.8, 4) is 0 Å². The zero-order valence-electron chi connectivity index (χ0n) is 8.10. The van der Waals surface area contributed by atoms with Gasteiger partial charge in [-0.3, -0.25) is 0 Å². The van der Waals surface area contributed by atoms with Crippen LogP contribution in [0, 0.1) is 0 Å². The Hall–Kier alpha value is -0.680. The Bertz CT molecular complexity index is 351. The molecule has 5 heteroatoms. The second kappa shape index (κ2) is 2.67. The van der Waals surface area contributed by atoms with E-state index in [0.717, 1.165) is 11.0 Å². The average molecular weight is 211 g/mol. The number of nitrogens with zero attached hydrogens (tertiary/aromatic N) is 3. The summed E-state index contributed by atoms with van der Waals surface area (Å²) in [5, 5.41) is 10.6. The molecule has 1 aliphatic heterocycles. The second-order valence-corrected chi connectivity index (χ2v) is 5.29. The third-order valence-electron chi connectivity index (χ3n) is 2.71. The molecule has 14 heavy (non-hydrogen) atoms. The van der Waals surface area contributed by atoms with Crippen LogP contribution in [0.25, 0.3) is 0 Å². The Morgan fingerprint density at radius 1 is 1.50 bits per heavy atom. The third-order valence-corrected chi connectivity index (χ3v) is 3.50. The monoisotopic (exact) mass is 211 g/mol. The van der Waals surface area contributed by atoms with E-state index in [1.165, 1.54) is 24.4 Å². The number of hydrogen-bond donors (Lipinski definition) is 1. The maximum absolute atomic E-state index is 9.59. The summed E-state index contributed by atoms with van der Waals surface area (Å²) in [6, 6.07) is 0. The molecule has 0 aromatic carbocycles. The van der Waals surface area contributed by atoms with Crippen LogP contribution in [0.3, 0.4) is 0 Å². The van der Waals surface area contributed by atoms with Gasteiger partial charge in [-0.15, -0.1) is 0 Å². The first kappa shape index (κ1) is 8.61. The highest BCUT2D eigenvalue weighted by Crippen LogP contribution is 2.40. The maximum Gasteiger partial charge on any atom is 0.205 e. The van der Waals surface area contributed by atoms with Crippen molar-refractivity contribution >= 4 is 16.7 Å². The Balaban J connectivity index is 1.72. The molecule has 1 N–H and O–H groups in total. The maximum atomic E-state index is 9.59. The van der Waals surface area contributed by atoms with Crippen LogP contribution in [-0.4, -0.2) is 33.2 Å². The number of hydrogen-bond acceptors (Lipinski definition) is 5. The first-order valence-corrected chi connectivity index (χ1v) is 5.72. The lowest BCUT2D eigenvalue weighted by Crippen LogP contribution is -2.60. The molecular weight excluding hydrogens is 198 g/mol. The van der Waals surface area contributed by atoms with Gasteiger partial charge in [0.1, 0.15) is 5.82 Å². The summed E-state index contributed by atoms with van der Waals surface area (Å²) >= 11 is 1.46. The van der Waals surface area contributed by atoms with Crippen LogP contribution in [0.2, 0.25) is 0 Å². The second-order valence-electron chi connectivity index (χ2n) is 4.56.